The van der Waals surface area contributed by atoms with Crippen LogP contribution in [0.5, 0.6) is 0 Å². The Hall–Kier alpha value is -0.715. The summed E-state index contributed by atoms with van der Waals surface area (Å²) < 4.78 is 0. The van der Waals surface area contributed by atoms with Crippen molar-refractivity contribution in [2.45, 2.75) is 26.0 Å². The third-order valence-corrected chi connectivity index (χ3v) is 2.07. The molecule has 0 heterocycles. The van der Waals surface area contributed by atoms with Gasteiger partial charge in [0.1, 0.15) is 7.28 Å². The Morgan fingerprint density at radius 1 is 1.27 bits per heavy atom. The zero-order chi connectivity index (χ0) is 8.10. The molecular formula is C10H14B. The summed E-state index contributed by atoms with van der Waals surface area (Å²) in [5, 5.41) is 0. The molecule has 1 aromatic carbocycles. The third-order valence-electron chi connectivity index (χ3n) is 2.07. The van der Waals surface area contributed by atoms with E-state index in [1.807, 2.05) is 0 Å². The highest BCUT2D eigenvalue weighted by Gasteiger charge is 2.04. The second-order valence-electron chi connectivity index (χ2n) is 2.76. The smallest absolute Gasteiger partial charge is 0.0914 e. The number of rotatable bonds is 3. The molecule has 0 spiro atoms. The fraction of sp³-hybridized carbons (Fsp3) is 0.400. The molecule has 57 valence electrons. The molecule has 11 heavy (non-hydrogen) atoms. The van der Waals surface area contributed by atoms with Crippen LogP contribution in [0.3, 0.4) is 0 Å². The normalized spacial score (nSPS) is 12.5. The quantitative estimate of drug-likeness (QED) is 0.573. The summed E-state index contributed by atoms with van der Waals surface area (Å²) in [7, 11) is 2.26. The minimum absolute atomic E-state index is 0.635. The van der Waals surface area contributed by atoms with Gasteiger partial charge in [-0.15, -0.1) is 0 Å². The molecule has 1 rings (SSSR count). The molecule has 0 fully saturated rings. The van der Waals surface area contributed by atoms with Gasteiger partial charge >= 0.3 is 0 Å². The molecule has 1 radical (unpaired) electrons. The summed E-state index contributed by atoms with van der Waals surface area (Å²) >= 11 is 0. The Bertz CT molecular complexity index is 189. The highest BCUT2D eigenvalue weighted by molar-refractivity contribution is 6.35. The van der Waals surface area contributed by atoms with Crippen molar-refractivity contribution < 1.29 is 0 Å². The summed E-state index contributed by atoms with van der Waals surface area (Å²) in [6, 6.07) is 10.6. The average molecular weight is 145 g/mol. The largest absolute Gasteiger partial charge is 0.116 e. The van der Waals surface area contributed by atoms with Crippen LogP contribution in [0.1, 0.15) is 24.7 Å². The van der Waals surface area contributed by atoms with E-state index < -0.39 is 0 Å². The molecule has 0 aliphatic rings. The Morgan fingerprint density at radius 2 is 1.91 bits per heavy atom. The van der Waals surface area contributed by atoms with Crippen LogP contribution in [-0.4, -0.2) is 7.28 Å². The third kappa shape index (κ3) is 2.11. The monoisotopic (exact) mass is 145 g/mol. The fourth-order valence-corrected chi connectivity index (χ4v) is 1.36. The van der Waals surface area contributed by atoms with Crippen LogP contribution in [0.2, 0.25) is 6.82 Å². The molecule has 0 bridgehead atoms. The van der Waals surface area contributed by atoms with Gasteiger partial charge in [-0.3, -0.25) is 0 Å². The molecule has 0 nitrogen and oxygen atoms in total. The van der Waals surface area contributed by atoms with E-state index in [9.17, 15) is 0 Å². The van der Waals surface area contributed by atoms with Crippen LogP contribution in [0, 0.1) is 0 Å². The number of hydrogen-bond acceptors (Lipinski definition) is 0. The van der Waals surface area contributed by atoms with Crippen molar-refractivity contribution in [3.8, 4) is 0 Å². The van der Waals surface area contributed by atoms with Gasteiger partial charge in [-0.05, 0) is 5.82 Å². The Kier molecular flexibility index (Phi) is 3.22. The molecule has 0 aliphatic heterocycles. The average Bonchev–Trinajstić information content (AvgIpc) is 2.09. The fourth-order valence-electron chi connectivity index (χ4n) is 1.36. The zero-order valence-electron chi connectivity index (χ0n) is 7.25. The van der Waals surface area contributed by atoms with Crippen LogP contribution < -0.4 is 0 Å². The van der Waals surface area contributed by atoms with Gasteiger partial charge in [0, 0.05) is 0 Å². The molecule has 0 amide bonds. The van der Waals surface area contributed by atoms with Gasteiger partial charge in [0.2, 0.25) is 0 Å². The van der Waals surface area contributed by atoms with Gasteiger partial charge < -0.3 is 0 Å². The standard InChI is InChI=1S/C10H14B/c1-3-10(11-2)9-7-5-4-6-8-9/h4-8,10H,3H2,1-2H3. The van der Waals surface area contributed by atoms with E-state index >= 15 is 0 Å². The van der Waals surface area contributed by atoms with E-state index in [4.69, 9.17) is 0 Å². The molecule has 0 aliphatic carbocycles. The lowest BCUT2D eigenvalue weighted by atomic mass is 9.62. The van der Waals surface area contributed by atoms with Crippen molar-refractivity contribution in [1.82, 2.24) is 0 Å². The topological polar surface area (TPSA) is 0 Å². The first-order chi connectivity index (χ1) is 5.38. The van der Waals surface area contributed by atoms with Crippen LogP contribution in [0.4, 0.5) is 0 Å². The predicted octanol–water partition coefficient (Wildman–Crippen LogP) is 2.89. The summed E-state index contributed by atoms with van der Waals surface area (Å²) in [4.78, 5) is 0. The van der Waals surface area contributed by atoms with Crippen molar-refractivity contribution in [2.24, 2.45) is 0 Å². The van der Waals surface area contributed by atoms with Gasteiger partial charge in [-0.1, -0.05) is 56.1 Å². The van der Waals surface area contributed by atoms with Gasteiger partial charge in [0.05, 0.1) is 0 Å². The van der Waals surface area contributed by atoms with Crippen LogP contribution in [0.25, 0.3) is 0 Å². The maximum atomic E-state index is 2.26. The highest BCUT2D eigenvalue weighted by Crippen LogP contribution is 2.16. The lowest BCUT2D eigenvalue weighted by Crippen LogP contribution is -2.02. The molecule has 0 aromatic heterocycles. The molecule has 1 aromatic rings. The van der Waals surface area contributed by atoms with Crippen molar-refractivity contribution in [1.29, 1.82) is 0 Å². The molecule has 1 atom stereocenters. The Balaban J connectivity index is 2.74. The molecular weight excluding hydrogens is 131 g/mol. The second kappa shape index (κ2) is 4.22. The van der Waals surface area contributed by atoms with Crippen molar-refractivity contribution in [3.63, 3.8) is 0 Å². The van der Waals surface area contributed by atoms with E-state index in [-0.39, 0.29) is 0 Å². The molecule has 1 unspecified atom stereocenters. The first-order valence-corrected chi connectivity index (χ1v) is 4.23. The molecule has 0 N–H and O–H groups in total. The first-order valence-electron chi connectivity index (χ1n) is 4.23. The van der Waals surface area contributed by atoms with Gasteiger partial charge in [0.15, 0.2) is 0 Å². The summed E-state index contributed by atoms with van der Waals surface area (Å²) in [6.07, 6.45) is 1.19. The summed E-state index contributed by atoms with van der Waals surface area (Å²) in [5.74, 6) is 0.635. The lowest BCUT2D eigenvalue weighted by molar-refractivity contribution is 0.873. The van der Waals surface area contributed by atoms with E-state index in [2.05, 4.69) is 51.4 Å². The number of benzene rings is 1. The minimum Gasteiger partial charge on any atom is -0.0914 e. The SMILES string of the molecule is C[B]C(CC)c1ccccc1. The van der Waals surface area contributed by atoms with Gasteiger partial charge in [-0.2, -0.15) is 0 Å². The minimum atomic E-state index is 0.635. The maximum absolute atomic E-state index is 2.26. The summed E-state index contributed by atoms with van der Waals surface area (Å²) in [5.41, 5.74) is 1.43. The maximum Gasteiger partial charge on any atom is 0.116 e. The van der Waals surface area contributed by atoms with E-state index in [0.29, 0.717) is 5.82 Å². The predicted molar refractivity (Wildman–Crippen MR) is 51.1 cm³/mol. The second-order valence-corrected chi connectivity index (χ2v) is 2.76. The van der Waals surface area contributed by atoms with E-state index in [1.165, 1.54) is 12.0 Å². The van der Waals surface area contributed by atoms with Crippen molar-refractivity contribution in [3.05, 3.63) is 35.9 Å². The zero-order valence-corrected chi connectivity index (χ0v) is 7.25. The Morgan fingerprint density at radius 3 is 2.36 bits per heavy atom. The molecule has 1 heteroatoms. The van der Waals surface area contributed by atoms with Crippen molar-refractivity contribution in [2.75, 3.05) is 0 Å². The van der Waals surface area contributed by atoms with Gasteiger partial charge in [-0.25, -0.2) is 0 Å². The van der Waals surface area contributed by atoms with E-state index in [0.717, 1.165) is 0 Å². The first kappa shape index (κ1) is 8.38. The van der Waals surface area contributed by atoms with Crippen LogP contribution in [0.15, 0.2) is 30.3 Å². The van der Waals surface area contributed by atoms with E-state index in [1.54, 1.807) is 0 Å². The molecule has 0 saturated heterocycles. The van der Waals surface area contributed by atoms with Crippen molar-refractivity contribution >= 4 is 7.28 Å². The van der Waals surface area contributed by atoms with Gasteiger partial charge in [0.25, 0.3) is 0 Å². The lowest BCUT2D eigenvalue weighted by Gasteiger charge is -2.10. The van der Waals surface area contributed by atoms with Crippen LogP contribution >= 0.6 is 0 Å². The highest BCUT2D eigenvalue weighted by atomic mass is 14.0. The van der Waals surface area contributed by atoms with Crippen LogP contribution in [-0.2, 0) is 0 Å². The molecule has 0 saturated carbocycles. The summed E-state index contributed by atoms with van der Waals surface area (Å²) in [6.45, 7) is 4.35. The number of hydrogen-bond donors (Lipinski definition) is 0. The Labute approximate surface area is 69.9 Å².